The van der Waals surface area contributed by atoms with Crippen LogP contribution < -0.4 is 10.6 Å². The van der Waals surface area contributed by atoms with Crippen molar-refractivity contribution in [2.45, 2.75) is 57.3 Å². The average molecular weight is 357 g/mol. The number of urea groups is 1. The van der Waals surface area contributed by atoms with E-state index in [1.807, 2.05) is 24.3 Å². The van der Waals surface area contributed by atoms with Crippen LogP contribution in [0.5, 0.6) is 0 Å². The van der Waals surface area contributed by atoms with Crippen molar-refractivity contribution in [2.75, 3.05) is 18.4 Å². The van der Waals surface area contributed by atoms with Crippen molar-refractivity contribution in [3.8, 4) is 0 Å². The number of likely N-dealkylation sites (tertiary alicyclic amines) is 1. The molecule has 26 heavy (non-hydrogen) atoms. The zero-order chi connectivity index (χ0) is 18.1. The minimum Gasteiger partial charge on any atom is -0.370 e. The second-order valence-corrected chi connectivity index (χ2v) is 7.66. The molecular weight excluding hydrogens is 330 g/mol. The summed E-state index contributed by atoms with van der Waals surface area (Å²) in [7, 11) is 0. The molecule has 140 valence electrons. The molecule has 6 heteroatoms. The van der Waals surface area contributed by atoms with Crippen molar-refractivity contribution in [3.05, 3.63) is 29.8 Å². The number of aryl methyl sites for hydroxylation is 1. The van der Waals surface area contributed by atoms with Gasteiger partial charge in [0.15, 0.2) is 0 Å². The smallest absolute Gasteiger partial charge is 0.322 e. The maximum Gasteiger partial charge on any atom is 0.322 e. The molecule has 1 aromatic rings. The van der Waals surface area contributed by atoms with Crippen molar-refractivity contribution >= 4 is 17.6 Å². The largest absolute Gasteiger partial charge is 0.370 e. The van der Waals surface area contributed by atoms with Gasteiger partial charge in [-0.2, -0.15) is 0 Å². The summed E-state index contributed by atoms with van der Waals surface area (Å²) in [6.45, 7) is 3.12. The third kappa shape index (κ3) is 3.56. The van der Waals surface area contributed by atoms with Crippen molar-refractivity contribution in [1.29, 1.82) is 0 Å². The standard InChI is InChI=1S/C20H27N3O3/c1-2-13-6-8-15(9-7-13)22-20(25)23-11-16-10-17(18(12-23)26-16)19(24)21-14-4-3-5-14/h6-9,14,16-18H,2-5,10-12H2,1H3,(H,21,24)(H,22,25)/t16-,17+,18-/m1/s1. The molecule has 1 aromatic carbocycles. The summed E-state index contributed by atoms with van der Waals surface area (Å²) in [4.78, 5) is 26.9. The number of ether oxygens (including phenoxy) is 1. The molecule has 2 N–H and O–H groups in total. The summed E-state index contributed by atoms with van der Waals surface area (Å²) in [6.07, 6.45) is 4.81. The van der Waals surface area contributed by atoms with Crippen LogP contribution in [-0.2, 0) is 16.0 Å². The van der Waals surface area contributed by atoms with Crippen LogP contribution in [0.1, 0.15) is 38.2 Å². The van der Waals surface area contributed by atoms with E-state index >= 15 is 0 Å². The van der Waals surface area contributed by atoms with Gasteiger partial charge in [0.25, 0.3) is 0 Å². The Morgan fingerprint density at radius 2 is 1.96 bits per heavy atom. The van der Waals surface area contributed by atoms with E-state index in [4.69, 9.17) is 4.74 Å². The predicted octanol–water partition coefficient (Wildman–Crippen LogP) is 2.54. The molecule has 1 saturated carbocycles. The summed E-state index contributed by atoms with van der Waals surface area (Å²) in [5.41, 5.74) is 2.04. The molecule has 0 aromatic heterocycles. The highest BCUT2D eigenvalue weighted by atomic mass is 16.5. The van der Waals surface area contributed by atoms with Crippen LogP contribution in [0.4, 0.5) is 10.5 Å². The first-order valence-electron chi connectivity index (χ1n) is 9.73. The number of morpholine rings is 1. The third-order valence-electron chi connectivity index (χ3n) is 5.85. The van der Waals surface area contributed by atoms with Gasteiger partial charge in [-0.15, -0.1) is 0 Å². The maximum atomic E-state index is 12.6. The van der Waals surface area contributed by atoms with Gasteiger partial charge in [0.2, 0.25) is 5.91 Å². The second kappa shape index (κ2) is 7.27. The van der Waals surface area contributed by atoms with E-state index in [-0.39, 0.29) is 30.1 Å². The highest BCUT2D eigenvalue weighted by molar-refractivity contribution is 5.89. The summed E-state index contributed by atoms with van der Waals surface area (Å²) >= 11 is 0. The number of nitrogens with one attached hydrogen (secondary N) is 2. The Bertz CT molecular complexity index is 671. The minimum absolute atomic E-state index is 0.0425. The summed E-state index contributed by atoms with van der Waals surface area (Å²) in [5.74, 6) is -0.0400. The Labute approximate surface area is 154 Å². The van der Waals surface area contributed by atoms with Crippen LogP contribution >= 0.6 is 0 Å². The van der Waals surface area contributed by atoms with Crippen LogP contribution in [-0.4, -0.2) is 48.2 Å². The Morgan fingerprint density at radius 3 is 2.62 bits per heavy atom. The predicted molar refractivity (Wildman–Crippen MR) is 99.0 cm³/mol. The van der Waals surface area contributed by atoms with Crippen molar-refractivity contribution < 1.29 is 14.3 Å². The molecule has 2 aliphatic heterocycles. The zero-order valence-corrected chi connectivity index (χ0v) is 15.2. The molecular formula is C20H27N3O3. The molecule has 2 bridgehead atoms. The van der Waals surface area contributed by atoms with Crippen molar-refractivity contribution in [3.63, 3.8) is 0 Å². The normalized spacial score (nSPS) is 27.7. The number of hydrogen-bond acceptors (Lipinski definition) is 3. The first-order valence-corrected chi connectivity index (χ1v) is 9.73. The number of carbonyl (C=O) groups is 2. The van der Waals surface area contributed by atoms with Gasteiger partial charge >= 0.3 is 6.03 Å². The third-order valence-corrected chi connectivity index (χ3v) is 5.85. The number of amides is 3. The van der Waals surface area contributed by atoms with E-state index in [1.165, 1.54) is 12.0 Å². The molecule has 2 saturated heterocycles. The summed E-state index contributed by atoms with van der Waals surface area (Å²) in [6, 6.07) is 8.14. The number of nitrogens with zero attached hydrogens (tertiary/aromatic N) is 1. The molecule has 3 atom stereocenters. The molecule has 1 aliphatic carbocycles. The van der Waals surface area contributed by atoms with Crippen LogP contribution in [0.15, 0.2) is 24.3 Å². The van der Waals surface area contributed by atoms with E-state index in [9.17, 15) is 9.59 Å². The molecule has 3 fully saturated rings. The Kier molecular flexibility index (Phi) is 4.85. The van der Waals surface area contributed by atoms with Gasteiger partial charge in [-0.25, -0.2) is 4.79 Å². The lowest BCUT2D eigenvalue weighted by molar-refractivity contribution is -0.128. The average Bonchev–Trinajstić information content (AvgIpc) is 2.92. The highest BCUT2D eigenvalue weighted by Gasteiger charge is 2.46. The quantitative estimate of drug-likeness (QED) is 0.870. The first kappa shape index (κ1) is 17.3. The SMILES string of the molecule is CCc1ccc(NC(=O)N2C[C@H]3C[C@H](C(=O)NC4CCC4)[C@@H](C2)O3)cc1. The number of carbonyl (C=O) groups excluding carboxylic acids is 2. The molecule has 3 aliphatic rings. The second-order valence-electron chi connectivity index (χ2n) is 7.66. The Balaban J connectivity index is 1.34. The van der Waals surface area contributed by atoms with Gasteiger partial charge in [-0.05, 0) is 49.8 Å². The van der Waals surface area contributed by atoms with Gasteiger partial charge in [-0.3, -0.25) is 4.79 Å². The number of benzene rings is 1. The molecule has 6 nitrogen and oxygen atoms in total. The zero-order valence-electron chi connectivity index (χ0n) is 15.2. The van der Waals surface area contributed by atoms with Gasteiger partial charge in [-0.1, -0.05) is 19.1 Å². The monoisotopic (exact) mass is 357 g/mol. The fourth-order valence-electron chi connectivity index (χ4n) is 3.99. The van der Waals surface area contributed by atoms with Crippen LogP contribution in [0.25, 0.3) is 0 Å². The van der Waals surface area contributed by atoms with E-state index in [2.05, 4.69) is 17.6 Å². The van der Waals surface area contributed by atoms with Crippen LogP contribution in [0.3, 0.4) is 0 Å². The summed E-state index contributed by atoms with van der Waals surface area (Å²) < 4.78 is 5.94. The molecule has 0 spiro atoms. The first-order chi connectivity index (χ1) is 12.6. The molecule has 3 amide bonds. The fraction of sp³-hybridized carbons (Fsp3) is 0.600. The van der Waals surface area contributed by atoms with E-state index < -0.39 is 0 Å². The molecule has 4 rings (SSSR count). The van der Waals surface area contributed by atoms with Crippen molar-refractivity contribution in [1.82, 2.24) is 10.2 Å². The van der Waals surface area contributed by atoms with Crippen LogP contribution in [0, 0.1) is 5.92 Å². The highest BCUT2D eigenvalue weighted by Crippen LogP contribution is 2.33. The van der Waals surface area contributed by atoms with Crippen LogP contribution in [0.2, 0.25) is 0 Å². The lowest BCUT2D eigenvalue weighted by Gasteiger charge is -2.33. The Hall–Kier alpha value is -2.08. The number of hydrogen-bond donors (Lipinski definition) is 2. The number of fused-ring (bicyclic) bond motifs is 2. The molecule has 2 heterocycles. The van der Waals surface area contributed by atoms with E-state index in [1.54, 1.807) is 4.90 Å². The molecule has 0 radical (unpaired) electrons. The number of anilines is 1. The lowest BCUT2D eigenvalue weighted by atomic mass is 9.91. The van der Waals surface area contributed by atoms with Crippen molar-refractivity contribution in [2.24, 2.45) is 5.92 Å². The van der Waals surface area contributed by atoms with E-state index in [0.29, 0.717) is 25.6 Å². The van der Waals surface area contributed by atoms with E-state index in [0.717, 1.165) is 24.9 Å². The van der Waals surface area contributed by atoms with Gasteiger partial charge in [0.05, 0.1) is 18.1 Å². The molecule has 0 unspecified atom stereocenters. The maximum absolute atomic E-state index is 12.6. The van der Waals surface area contributed by atoms with Gasteiger partial charge < -0.3 is 20.3 Å². The minimum atomic E-state index is -0.193. The fourth-order valence-corrected chi connectivity index (χ4v) is 3.99. The summed E-state index contributed by atoms with van der Waals surface area (Å²) in [5, 5.41) is 6.08. The topological polar surface area (TPSA) is 70.7 Å². The number of rotatable bonds is 4. The van der Waals surface area contributed by atoms with Gasteiger partial charge in [0.1, 0.15) is 0 Å². The van der Waals surface area contributed by atoms with Gasteiger partial charge in [0, 0.05) is 24.8 Å². The Morgan fingerprint density at radius 1 is 1.19 bits per heavy atom. The lowest BCUT2D eigenvalue weighted by Crippen LogP contribution is -2.50.